The summed E-state index contributed by atoms with van der Waals surface area (Å²) in [5.41, 5.74) is -0.348. The molecule has 2 amide bonds. The van der Waals surface area contributed by atoms with E-state index in [0.29, 0.717) is 45.7 Å². The third kappa shape index (κ3) is 6.80. The Bertz CT molecular complexity index is 1630. The standard InChI is InChI=1S/C29H30F3N5O5S/c1-28(2,3)42-27(41)36-9-8-35(15-20(36)16-38)26-34-25(40)24(43-26)11-17-4-7-23-19(10-17)13-33-37(23)14-18-5-6-21(39)12-22(18)29(30,31)32/h4-7,10-13,20,38-39H,8-9,14-16H2,1-3H3/t20-/m1/s1. The van der Waals surface area contributed by atoms with Crippen LogP contribution in [0.2, 0.25) is 0 Å². The molecule has 1 saturated heterocycles. The molecule has 5 rings (SSSR count). The smallest absolute Gasteiger partial charge is 0.416 e. The number of ether oxygens (including phenoxy) is 1. The number of hydrogen-bond donors (Lipinski definition) is 2. The molecule has 0 bridgehead atoms. The van der Waals surface area contributed by atoms with E-state index in [1.54, 1.807) is 45.0 Å². The van der Waals surface area contributed by atoms with Gasteiger partial charge in [0.2, 0.25) is 0 Å². The van der Waals surface area contributed by atoms with Crippen LogP contribution in [-0.2, 0) is 22.3 Å². The predicted octanol–water partition coefficient (Wildman–Crippen LogP) is 4.69. The average Bonchev–Trinajstić information content (AvgIpc) is 3.50. The Balaban J connectivity index is 1.28. The van der Waals surface area contributed by atoms with Gasteiger partial charge in [0.05, 0.1) is 41.4 Å². The van der Waals surface area contributed by atoms with Crippen LogP contribution in [0.1, 0.15) is 37.5 Å². The van der Waals surface area contributed by atoms with E-state index in [9.17, 15) is 33.0 Å². The number of benzene rings is 2. The van der Waals surface area contributed by atoms with Gasteiger partial charge < -0.3 is 19.8 Å². The van der Waals surface area contributed by atoms with E-state index in [0.717, 1.165) is 0 Å². The number of fused-ring (bicyclic) bond motifs is 1. The molecule has 0 aliphatic carbocycles. The van der Waals surface area contributed by atoms with Crippen molar-refractivity contribution in [2.24, 2.45) is 4.99 Å². The lowest BCUT2D eigenvalue weighted by Crippen LogP contribution is -2.58. The number of aliphatic imine (C=N–C) groups is 1. The van der Waals surface area contributed by atoms with Gasteiger partial charge >= 0.3 is 12.3 Å². The van der Waals surface area contributed by atoms with Crippen molar-refractivity contribution in [1.29, 1.82) is 0 Å². The van der Waals surface area contributed by atoms with E-state index in [-0.39, 0.29) is 25.3 Å². The highest BCUT2D eigenvalue weighted by Gasteiger charge is 2.37. The van der Waals surface area contributed by atoms with Crippen LogP contribution in [0.3, 0.4) is 0 Å². The van der Waals surface area contributed by atoms with Gasteiger partial charge in [-0.25, -0.2) is 4.79 Å². The number of phenolic OH excluding ortho intramolecular Hbond substituents is 1. The molecule has 2 N–H and O–H groups in total. The third-order valence-corrected chi connectivity index (χ3v) is 7.93. The maximum atomic E-state index is 13.5. The first-order chi connectivity index (χ1) is 20.2. The van der Waals surface area contributed by atoms with Crippen molar-refractivity contribution in [3.8, 4) is 5.75 Å². The van der Waals surface area contributed by atoms with Crippen molar-refractivity contribution in [2.45, 2.75) is 45.1 Å². The Labute approximate surface area is 249 Å². The minimum Gasteiger partial charge on any atom is -0.508 e. The summed E-state index contributed by atoms with van der Waals surface area (Å²) in [5, 5.41) is 24.9. The van der Waals surface area contributed by atoms with Gasteiger partial charge in [0.25, 0.3) is 5.91 Å². The minimum absolute atomic E-state index is 0.0329. The van der Waals surface area contributed by atoms with Gasteiger partial charge in [-0.15, -0.1) is 0 Å². The number of amidine groups is 1. The third-order valence-electron chi connectivity index (χ3n) is 6.88. The lowest BCUT2D eigenvalue weighted by molar-refractivity contribution is -0.138. The first-order valence-corrected chi connectivity index (χ1v) is 14.3. The fraction of sp³-hybridized carbons (Fsp3) is 0.379. The number of aromatic hydroxyl groups is 1. The van der Waals surface area contributed by atoms with Gasteiger partial charge in [0, 0.05) is 25.0 Å². The second-order valence-corrected chi connectivity index (χ2v) is 12.2. The molecule has 3 aromatic rings. The number of alkyl halides is 3. The highest BCUT2D eigenvalue weighted by molar-refractivity contribution is 8.18. The van der Waals surface area contributed by atoms with Gasteiger partial charge in [0.15, 0.2) is 5.17 Å². The maximum absolute atomic E-state index is 13.5. The highest BCUT2D eigenvalue weighted by atomic mass is 32.2. The lowest BCUT2D eigenvalue weighted by Gasteiger charge is -2.41. The Hall–Kier alpha value is -4.04. The number of aliphatic hydroxyl groups is 1. The molecule has 2 aromatic carbocycles. The average molecular weight is 618 g/mol. The molecule has 14 heteroatoms. The first-order valence-electron chi connectivity index (χ1n) is 13.4. The van der Waals surface area contributed by atoms with Crippen LogP contribution in [-0.4, -0.2) is 84.8 Å². The number of carbonyl (C=O) groups is 2. The Morgan fingerprint density at radius 1 is 1.16 bits per heavy atom. The molecule has 0 radical (unpaired) electrons. The van der Waals surface area contributed by atoms with Gasteiger partial charge in [-0.1, -0.05) is 12.1 Å². The van der Waals surface area contributed by atoms with Crippen molar-refractivity contribution in [3.63, 3.8) is 0 Å². The fourth-order valence-corrected chi connectivity index (χ4v) is 5.83. The van der Waals surface area contributed by atoms with Crippen LogP contribution in [0.5, 0.6) is 5.75 Å². The quantitative estimate of drug-likeness (QED) is 0.405. The van der Waals surface area contributed by atoms with E-state index in [1.807, 2.05) is 4.90 Å². The maximum Gasteiger partial charge on any atom is 0.416 e. The molecule has 43 heavy (non-hydrogen) atoms. The number of carbonyl (C=O) groups excluding carboxylic acids is 2. The summed E-state index contributed by atoms with van der Waals surface area (Å²) in [4.78, 5) is 33.3. The topological polar surface area (TPSA) is 120 Å². The molecule has 3 heterocycles. The molecule has 1 aromatic heterocycles. The van der Waals surface area contributed by atoms with Gasteiger partial charge in [-0.2, -0.15) is 23.3 Å². The number of aromatic nitrogens is 2. The van der Waals surface area contributed by atoms with Crippen LogP contribution in [0.15, 0.2) is 52.5 Å². The monoisotopic (exact) mass is 617 g/mol. The number of aliphatic hydroxyl groups excluding tert-OH is 1. The molecule has 228 valence electrons. The largest absolute Gasteiger partial charge is 0.508 e. The van der Waals surface area contributed by atoms with Gasteiger partial charge in [0.1, 0.15) is 11.4 Å². The SMILES string of the molecule is CC(C)(C)OC(=O)N1CCN(C2=NC(=O)C(=Cc3ccc4c(cnn4Cc4ccc(O)cc4C(F)(F)F)c3)S2)C[C@@H]1CO. The number of halogens is 3. The molecule has 0 saturated carbocycles. The fourth-order valence-electron chi connectivity index (χ4n) is 4.88. The van der Waals surface area contributed by atoms with E-state index in [4.69, 9.17) is 4.74 Å². The van der Waals surface area contributed by atoms with Crippen LogP contribution < -0.4 is 0 Å². The number of thioether (sulfide) groups is 1. The summed E-state index contributed by atoms with van der Waals surface area (Å²) >= 11 is 1.19. The lowest BCUT2D eigenvalue weighted by atomic mass is 10.1. The highest BCUT2D eigenvalue weighted by Crippen LogP contribution is 2.35. The second kappa shape index (κ2) is 11.6. The molecule has 0 unspecified atom stereocenters. The number of amides is 2. The summed E-state index contributed by atoms with van der Waals surface area (Å²) in [6.45, 7) is 5.87. The van der Waals surface area contributed by atoms with Crippen molar-refractivity contribution >= 4 is 45.9 Å². The van der Waals surface area contributed by atoms with Crippen molar-refractivity contribution in [1.82, 2.24) is 19.6 Å². The number of rotatable bonds is 4. The molecule has 10 nitrogen and oxygen atoms in total. The van der Waals surface area contributed by atoms with Crippen molar-refractivity contribution < 1.29 is 37.7 Å². The van der Waals surface area contributed by atoms with Crippen LogP contribution in [0.4, 0.5) is 18.0 Å². The zero-order chi connectivity index (χ0) is 31.1. The summed E-state index contributed by atoms with van der Waals surface area (Å²) in [7, 11) is 0. The summed E-state index contributed by atoms with van der Waals surface area (Å²) < 4.78 is 47.4. The Morgan fingerprint density at radius 3 is 2.63 bits per heavy atom. The zero-order valence-corrected chi connectivity index (χ0v) is 24.4. The number of nitrogens with zero attached hydrogens (tertiary/aromatic N) is 5. The molecule has 2 aliphatic heterocycles. The Kier molecular flexibility index (Phi) is 8.18. The van der Waals surface area contributed by atoms with Crippen molar-refractivity contribution in [2.75, 3.05) is 26.2 Å². The second-order valence-electron chi connectivity index (χ2n) is 11.2. The van der Waals surface area contributed by atoms with Crippen LogP contribution >= 0.6 is 11.8 Å². The predicted molar refractivity (Wildman–Crippen MR) is 155 cm³/mol. The summed E-state index contributed by atoms with van der Waals surface area (Å²) in [5.74, 6) is -0.889. The molecule has 1 fully saturated rings. The summed E-state index contributed by atoms with van der Waals surface area (Å²) in [6.07, 6.45) is -1.92. The van der Waals surface area contributed by atoms with E-state index < -0.39 is 41.1 Å². The normalized spacial score (nSPS) is 19.0. The number of piperazine rings is 1. The first kappa shape index (κ1) is 30.4. The molecular weight excluding hydrogens is 587 g/mol. The minimum atomic E-state index is -4.63. The molecule has 2 aliphatic rings. The van der Waals surface area contributed by atoms with Crippen LogP contribution in [0, 0.1) is 0 Å². The zero-order valence-electron chi connectivity index (χ0n) is 23.6. The molecular formula is C29H30F3N5O5S. The van der Waals surface area contributed by atoms with Gasteiger partial charge in [-0.3, -0.25) is 14.4 Å². The molecule has 1 atom stereocenters. The number of phenols is 1. The van der Waals surface area contributed by atoms with E-state index in [1.165, 1.54) is 39.7 Å². The van der Waals surface area contributed by atoms with E-state index in [2.05, 4.69) is 10.1 Å². The Morgan fingerprint density at radius 2 is 1.93 bits per heavy atom. The van der Waals surface area contributed by atoms with E-state index >= 15 is 0 Å². The summed E-state index contributed by atoms with van der Waals surface area (Å²) in [6, 6.07) is 7.84. The van der Waals surface area contributed by atoms with Crippen molar-refractivity contribution in [3.05, 3.63) is 64.2 Å². The van der Waals surface area contributed by atoms with Crippen LogP contribution in [0.25, 0.3) is 17.0 Å². The number of hydrogen-bond acceptors (Lipinski definition) is 8. The van der Waals surface area contributed by atoms with Gasteiger partial charge in [-0.05, 0) is 74.0 Å². The molecule has 0 spiro atoms.